The second-order valence-electron chi connectivity index (χ2n) is 4.45. The molecule has 2 rings (SSSR count). The maximum absolute atomic E-state index is 11.9. The highest BCUT2D eigenvalue weighted by Crippen LogP contribution is 2.25. The Morgan fingerprint density at radius 2 is 1.65 bits per heavy atom. The van der Waals surface area contributed by atoms with E-state index in [-0.39, 0.29) is 22.0 Å². The zero-order valence-corrected chi connectivity index (χ0v) is 13.1. The third-order valence-electron chi connectivity index (χ3n) is 2.82. The topological polar surface area (TPSA) is 101 Å². The van der Waals surface area contributed by atoms with Crippen molar-refractivity contribution in [2.45, 2.75) is 0 Å². The molecule has 0 aliphatic heterocycles. The molecule has 3 amide bonds. The first kappa shape index (κ1) is 16.8. The van der Waals surface area contributed by atoms with Gasteiger partial charge in [-0.2, -0.15) is 0 Å². The van der Waals surface area contributed by atoms with Crippen LogP contribution in [-0.4, -0.2) is 17.7 Å². The number of hydrogen-bond acceptors (Lipinski definition) is 4. The lowest BCUT2D eigenvalue weighted by Crippen LogP contribution is -2.39. The molecule has 0 saturated carbocycles. The molecule has 118 valence electrons. The molecule has 0 atom stereocenters. The van der Waals surface area contributed by atoms with Gasteiger partial charge in [0.15, 0.2) is 0 Å². The van der Waals surface area contributed by atoms with E-state index in [9.17, 15) is 14.4 Å². The fourth-order valence-corrected chi connectivity index (χ4v) is 2.04. The lowest BCUT2D eigenvalue weighted by atomic mass is 10.1. The van der Waals surface area contributed by atoms with Crippen LogP contribution in [-0.2, 0) is 9.59 Å². The molecule has 0 fully saturated rings. The van der Waals surface area contributed by atoms with E-state index < -0.39 is 17.7 Å². The smallest absolute Gasteiger partial charge is 0.316 e. The van der Waals surface area contributed by atoms with Crippen LogP contribution in [0.2, 0.25) is 10.0 Å². The summed E-state index contributed by atoms with van der Waals surface area (Å²) in [5.74, 6) is -2.98. The third kappa shape index (κ3) is 4.21. The van der Waals surface area contributed by atoms with Crippen molar-refractivity contribution in [3.8, 4) is 0 Å². The van der Waals surface area contributed by atoms with Gasteiger partial charge in [0.05, 0.1) is 16.3 Å². The first-order chi connectivity index (χ1) is 10.9. The Hall–Kier alpha value is -2.57. The zero-order valence-electron chi connectivity index (χ0n) is 11.6. The minimum atomic E-state index is -1.14. The van der Waals surface area contributed by atoms with Gasteiger partial charge in [-0.15, -0.1) is 0 Å². The highest BCUT2D eigenvalue weighted by atomic mass is 35.5. The zero-order chi connectivity index (χ0) is 17.0. The fourth-order valence-electron chi connectivity index (χ4n) is 1.70. The predicted molar refractivity (Wildman–Crippen MR) is 88.4 cm³/mol. The Labute approximate surface area is 141 Å². The van der Waals surface area contributed by atoms with E-state index in [1.54, 1.807) is 12.1 Å². The summed E-state index contributed by atoms with van der Waals surface area (Å²) in [6.45, 7) is 0. The molecule has 2 aromatic carbocycles. The molecular weight excluding hydrogens is 341 g/mol. The summed E-state index contributed by atoms with van der Waals surface area (Å²) >= 11 is 11.7. The summed E-state index contributed by atoms with van der Waals surface area (Å²) in [6.07, 6.45) is 0. The van der Waals surface area contributed by atoms with Crippen molar-refractivity contribution in [1.82, 2.24) is 5.32 Å². The molecule has 6 nitrogen and oxygen atoms in total. The standard InChI is InChI=1S/C15H11Cl2N3O3/c16-8-5-6-10(17)12(7-8)19-14(22)15(23)20-13(21)9-3-1-2-4-11(9)18/h1-7H,18H2,(H,19,22)(H,20,21,23). The maximum atomic E-state index is 11.9. The SMILES string of the molecule is Nc1ccccc1C(=O)NC(=O)C(=O)Nc1cc(Cl)ccc1Cl. The van der Waals surface area contributed by atoms with Crippen LogP contribution in [0.1, 0.15) is 10.4 Å². The van der Waals surface area contributed by atoms with Crippen LogP contribution < -0.4 is 16.4 Å². The molecule has 0 bridgehead atoms. The molecule has 2 aromatic rings. The van der Waals surface area contributed by atoms with Gasteiger partial charge in [-0.1, -0.05) is 35.3 Å². The average Bonchev–Trinajstić information content (AvgIpc) is 2.51. The number of nitrogens with two attached hydrogens (primary N) is 1. The van der Waals surface area contributed by atoms with E-state index in [0.717, 1.165) is 0 Å². The quantitative estimate of drug-likeness (QED) is 0.571. The Bertz CT molecular complexity index is 793. The Kier molecular flexibility index (Phi) is 5.20. The van der Waals surface area contributed by atoms with E-state index in [0.29, 0.717) is 5.02 Å². The second kappa shape index (κ2) is 7.13. The normalized spacial score (nSPS) is 10.0. The molecule has 0 heterocycles. The third-order valence-corrected chi connectivity index (χ3v) is 3.38. The number of anilines is 2. The first-order valence-electron chi connectivity index (χ1n) is 6.34. The van der Waals surface area contributed by atoms with Gasteiger partial charge in [0.1, 0.15) is 0 Å². The van der Waals surface area contributed by atoms with Crippen molar-refractivity contribution >= 4 is 52.3 Å². The van der Waals surface area contributed by atoms with Crippen molar-refractivity contribution in [3.63, 3.8) is 0 Å². The average molecular weight is 352 g/mol. The summed E-state index contributed by atoms with van der Waals surface area (Å²) in [6, 6.07) is 10.5. The van der Waals surface area contributed by atoms with E-state index in [1.165, 1.54) is 30.3 Å². The van der Waals surface area contributed by atoms with E-state index in [2.05, 4.69) is 5.32 Å². The second-order valence-corrected chi connectivity index (χ2v) is 5.29. The van der Waals surface area contributed by atoms with Crippen LogP contribution in [0.25, 0.3) is 0 Å². The van der Waals surface area contributed by atoms with Crippen LogP contribution in [0.15, 0.2) is 42.5 Å². The molecule has 4 N–H and O–H groups in total. The first-order valence-corrected chi connectivity index (χ1v) is 7.10. The number of para-hydroxylation sites is 1. The summed E-state index contributed by atoms with van der Waals surface area (Å²) in [5, 5.41) is 4.75. The van der Waals surface area contributed by atoms with Crippen LogP contribution >= 0.6 is 23.2 Å². The number of amides is 3. The van der Waals surface area contributed by atoms with Crippen molar-refractivity contribution < 1.29 is 14.4 Å². The van der Waals surface area contributed by atoms with Crippen LogP contribution in [0.4, 0.5) is 11.4 Å². The Morgan fingerprint density at radius 3 is 2.35 bits per heavy atom. The molecule has 23 heavy (non-hydrogen) atoms. The molecule has 0 radical (unpaired) electrons. The number of carbonyl (C=O) groups is 3. The monoisotopic (exact) mass is 351 g/mol. The van der Waals surface area contributed by atoms with Crippen molar-refractivity contribution in [1.29, 1.82) is 0 Å². The molecule has 0 aromatic heterocycles. The summed E-state index contributed by atoms with van der Waals surface area (Å²) in [4.78, 5) is 35.5. The summed E-state index contributed by atoms with van der Waals surface area (Å²) in [5.41, 5.74) is 6.07. The molecule has 0 aliphatic rings. The molecule has 0 unspecified atom stereocenters. The summed E-state index contributed by atoms with van der Waals surface area (Å²) < 4.78 is 0. The molecular formula is C15H11Cl2N3O3. The van der Waals surface area contributed by atoms with Gasteiger partial charge >= 0.3 is 11.8 Å². The van der Waals surface area contributed by atoms with E-state index in [1.807, 2.05) is 5.32 Å². The number of nitrogen functional groups attached to an aromatic ring is 1. The summed E-state index contributed by atoms with van der Waals surface area (Å²) in [7, 11) is 0. The lowest BCUT2D eigenvalue weighted by Gasteiger charge is -2.08. The van der Waals surface area contributed by atoms with Gasteiger partial charge in [0, 0.05) is 10.7 Å². The fraction of sp³-hybridized carbons (Fsp3) is 0. The number of imide groups is 1. The highest BCUT2D eigenvalue weighted by Gasteiger charge is 2.20. The van der Waals surface area contributed by atoms with Gasteiger partial charge in [-0.3, -0.25) is 19.7 Å². The highest BCUT2D eigenvalue weighted by molar-refractivity contribution is 6.44. The molecule has 8 heteroatoms. The minimum Gasteiger partial charge on any atom is -0.398 e. The van der Waals surface area contributed by atoms with Crippen LogP contribution in [0.5, 0.6) is 0 Å². The van der Waals surface area contributed by atoms with Crippen LogP contribution in [0, 0.1) is 0 Å². The van der Waals surface area contributed by atoms with Gasteiger partial charge < -0.3 is 11.1 Å². The van der Waals surface area contributed by atoms with Crippen LogP contribution in [0.3, 0.4) is 0 Å². The van der Waals surface area contributed by atoms with Crippen molar-refractivity contribution in [2.75, 3.05) is 11.1 Å². The van der Waals surface area contributed by atoms with Crippen molar-refractivity contribution in [2.24, 2.45) is 0 Å². The van der Waals surface area contributed by atoms with Crippen molar-refractivity contribution in [3.05, 3.63) is 58.1 Å². The van der Waals surface area contributed by atoms with Gasteiger partial charge in [0.25, 0.3) is 5.91 Å². The number of carbonyl (C=O) groups excluding carboxylic acids is 3. The molecule has 0 aliphatic carbocycles. The van der Waals surface area contributed by atoms with E-state index in [4.69, 9.17) is 28.9 Å². The largest absolute Gasteiger partial charge is 0.398 e. The van der Waals surface area contributed by atoms with Gasteiger partial charge in [-0.05, 0) is 30.3 Å². The number of halogens is 2. The minimum absolute atomic E-state index is 0.0921. The maximum Gasteiger partial charge on any atom is 0.316 e. The number of rotatable bonds is 2. The number of nitrogens with one attached hydrogen (secondary N) is 2. The molecule has 0 saturated heterocycles. The van der Waals surface area contributed by atoms with Gasteiger partial charge in [-0.25, -0.2) is 0 Å². The lowest BCUT2D eigenvalue weighted by molar-refractivity contribution is -0.135. The number of hydrogen-bond donors (Lipinski definition) is 3. The van der Waals surface area contributed by atoms with E-state index >= 15 is 0 Å². The Morgan fingerprint density at radius 1 is 0.957 bits per heavy atom. The molecule has 0 spiro atoms. The Balaban J connectivity index is 2.06. The number of benzene rings is 2. The predicted octanol–water partition coefficient (Wildman–Crippen LogP) is 2.47. The van der Waals surface area contributed by atoms with Gasteiger partial charge in [0.2, 0.25) is 0 Å².